The van der Waals surface area contributed by atoms with Gasteiger partial charge in [0.25, 0.3) is 0 Å². The molecular formula is C15H24ClN3. The maximum Gasteiger partial charge on any atom is 0.0408 e. The van der Waals surface area contributed by atoms with Crippen molar-refractivity contribution in [2.45, 2.75) is 24.9 Å². The predicted molar refractivity (Wildman–Crippen MR) is 81.7 cm³/mol. The van der Waals surface area contributed by atoms with E-state index in [1.54, 1.807) is 0 Å². The van der Waals surface area contributed by atoms with Gasteiger partial charge in [-0.3, -0.25) is 0 Å². The Labute approximate surface area is 121 Å². The summed E-state index contributed by atoms with van der Waals surface area (Å²) in [6.07, 6.45) is 2.09. The van der Waals surface area contributed by atoms with Crippen molar-refractivity contribution < 1.29 is 0 Å². The number of hydrogen-bond donors (Lipinski definition) is 1. The molecule has 1 aromatic rings. The van der Waals surface area contributed by atoms with Crippen LogP contribution in [0.4, 0.5) is 0 Å². The molecule has 2 atom stereocenters. The monoisotopic (exact) mass is 281 g/mol. The van der Waals surface area contributed by atoms with Crippen LogP contribution in [0.3, 0.4) is 0 Å². The topological polar surface area (TPSA) is 32.5 Å². The summed E-state index contributed by atoms with van der Waals surface area (Å²) in [6.45, 7) is 3.32. The molecule has 1 heterocycles. The lowest BCUT2D eigenvalue weighted by Gasteiger charge is -2.32. The molecule has 0 radical (unpaired) electrons. The van der Waals surface area contributed by atoms with E-state index in [1.807, 2.05) is 18.2 Å². The fourth-order valence-electron chi connectivity index (χ4n) is 2.84. The van der Waals surface area contributed by atoms with Crippen LogP contribution in [0.1, 0.15) is 12.0 Å². The lowest BCUT2D eigenvalue weighted by Crippen LogP contribution is -2.51. The van der Waals surface area contributed by atoms with Gasteiger partial charge < -0.3 is 15.5 Å². The van der Waals surface area contributed by atoms with Gasteiger partial charge in [0.2, 0.25) is 0 Å². The van der Waals surface area contributed by atoms with E-state index in [2.05, 4.69) is 30.0 Å². The molecule has 0 spiro atoms. The van der Waals surface area contributed by atoms with Gasteiger partial charge >= 0.3 is 0 Å². The average molecular weight is 282 g/mol. The number of nitrogens with zero attached hydrogens (tertiary/aromatic N) is 2. The third kappa shape index (κ3) is 4.18. The van der Waals surface area contributed by atoms with Gasteiger partial charge in [-0.05, 0) is 57.7 Å². The zero-order chi connectivity index (χ0) is 13.8. The van der Waals surface area contributed by atoms with Crippen LogP contribution in [-0.2, 0) is 6.42 Å². The Morgan fingerprint density at radius 2 is 2.16 bits per heavy atom. The lowest BCUT2D eigenvalue weighted by molar-refractivity contribution is 0.195. The predicted octanol–water partition coefficient (Wildman–Crippen LogP) is 1.85. The molecule has 1 aromatic carbocycles. The van der Waals surface area contributed by atoms with Crippen molar-refractivity contribution >= 4 is 11.6 Å². The molecule has 0 amide bonds. The highest BCUT2D eigenvalue weighted by Gasteiger charge is 2.26. The first kappa shape index (κ1) is 14.8. The first-order chi connectivity index (χ1) is 9.06. The van der Waals surface area contributed by atoms with Gasteiger partial charge in [0.05, 0.1) is 0 Å². The molecule has 1 aliphatic heterocycles. The molecule has 0 aromatic heterocycles. The van der Waals surface area contributed by atoms with E-state index in [9.17, 15) is 0 Å². The molecule has 1 aliphatic rings. The highest BCUT2D eigenvalue weighted by Crippen LogP contribution is 2.16. The van der Waals surface area contributed by atoms with E-state index < -0.39 is 0 Å². The first-order valence-electron chi connectivity index (χ1n) is 6.95. The standard InChI is InChI=1S/C15H24ClN3/c1-18-7-4-8-19(2)15(11-18)14(17)10-12-5-3-6-13(16)9-12/h3,5-6,9,14-15H,4,7-8,10-11,17H2,1-2H3. The zero-order valence-corrected chi connectivity index (χ0v) is 12.6. The van der Waals surface area contributed by atoms with Gasteiger partial charge in [0.1, 0.15) is 0 Å². The fraction of sp³-hybridized carbons (Fsp3) is 0.600. The third-order valence-electron chi connectivity index (χ3n) is 3.97. The van der Waals surface area contributed by atoms with Crippen LogP contribution < -0.4 is 5.73 Å². The molecule has 4 heteroatoms. The van der Waals surface area contributed by atoms with Crippen LogP contribution in [0.15, 0.2) is 24.3 Å². The maximum absolute atomic E-state index is 6.44. The molecule has 3 nitrogen and oxygen atoms in total. The molecule has 106 valence electrons. The zero-order valence-electron chi connectivity index (χ0n) is 11.8. The van der Waals surface area contributed by atoms with Crippen molar-refractivity contribution in [3.8, 4) is 0 Å². The maximum atomic E-state index is 6.44. The van der Waals surface area contributed by atoms with E-state index in [4.69, 9.17) is 17.3 Å². The van der Waals surface area contributed by atoms with E-state index in [0.29, 0.717) is 6.04 Å². The molecule has 1 saturated heterocycles. The van der Waals surface area contributed by atoms with Gasteiger partial charge in [-0.1, -0.05) is 23.7 Å². The summed E-state index contributed by atoms with van der Waals surface area (Å²) in [4.78, 5) is 4.78. The molecule has 2 rings (SSSR count). The van der Waals surface area contributed by atoms with Crippen LogP contribution in [0, 0.1) is 0 Å². The van der Waals surface area contributed by atoms with Crippen molar-refractivity contribution in [1.82, 2.24) is 9.80 Å². The molecular weight excluding hydrogens is 258 g/mol. The van der Waals surface area contributed by atoms with Crippen LogP contribution in [0.2, 0.25) is 5.02 Å². The summed E-state index contributed by atoms with van der Waals surface area (Å²) in [5.41, 5.74) is 7.66. The molecule has 2 unspecified atom stereocenters. The molecule has 0 saturated carbocycles. The minimum absolute atomic E-state index is 0.143. The second kappa shape index (κ2) is 6.71. The number of rotatable bonds is 3. The van der Waals surface area contributed by atoms with Crippen molar-refractivity contribution in [1.29, 1.82) is 0 Å². The Morgan fingerprint density at radius 3 is 2.89 bits per heavy atom. The third-order valence-corrected chi connectivity index (χ3v) is 4.21. The van der Waals surface area contributed by atoms with Crippen LogP contribution >= 0.6 is 11.6 Å². The highest BCUT2D eigenvalue weighted by molar-refractivity contribution is 6.30. The van der Waals surface area contributed by atoms with Gasteiger partial charge in [0, 0.05) is 23.7 Å². The van der Waals surface area contributed by atoms with Crippen molar-refractivity contribution in [2.24, 2.45) is 5.73 Å². The Bertz CT molecular complexity index is 410. The Morgan fingerprint density at radius 1 is 1.37 bits per heavy atom. The quantitative estimate of drug-likeness (QED) is 0.918. The van der Waals surface area contributed by atoms with Crippen molar-refractivity contribution in [3.63, 3.8) is 0 Å². The second-order valence-electron chi connectivity index (χ2n) is 5.66. The number of hydrogen-bond acceptors (Lipinski definition) is 3. The fourth-order valence-corrected chi connectivity index (χ4v) is 3.05. The van der Waals surface area contributed by atoms with E-state index >= 15 is 0 Å². The Kier molecular flexibility index (Phi) is 5.22. The number of nitrogens with two attached hydrogens (primary N) is 1. The number of likely N-dealkylation sites (N-methyl/N-ethyl adjacent to an activating group) is 2. The Hall–Kier alpha value is -0.610. The van der Waals surface area contributed by atoms with Gasteiger partial charge in [-0.2, -0.15) is 0 Å². The molecule has 0 aliphatic carbocycles. The van der Waals surface area contributed by atoms with Crippen LogP contribution in [0.5, 0.6) is 0 Å². The van der Waals surface area contributed by atoms with Crippen molar-refractivity contribution in [3.05, 3.63) is 34.9 Å². The second-order valence-corrected chi connectivity index (χ2v) is 6.10. The SMILES string of the molecule is CN1CCCN(C)C(C(N)Cc2cccc(Cl)c2)C1. The summed E-state index contributed by atoms with van der Waals surface area (Å²) in [5.74, 6) is 0. The summed E-state index contributed by atoms with van der Waals surface area (Å²) in [7, 11) is 4.36. The summed E-state index contributed by atoms with van der Waals surface area (Å²) in [5, 5.41) is 0.788. The first-order valence-corrected chi connectivity index (χ1v) is 7.33. The largest absolute Gasteiger partial charge is 0.326 e. The molecule has 2 N–H and O–H groups in total. The van der Waals surface area contributed by atoms with Gasteiger partial charge in [0.15, 0.2) is 0 Å². The summed E-state index contributed by atoms with van der Waals surface area (Å²) in [6, 6.07) is 8.57. The van der Waals surface area contributed by atoms with E-state index in [0.717, 1.165) is 31.1 Å². The van der Waals surface area contributed by atoms with Crippen LogP contribution in [0.25, 0.3) is 0 Å². The summed E-state index contributed by atoms with van der Waals surface area (Å²) >= 11 is 6.03. The van der Waals surface area contributed by atoms with Crippen LogP contribution in [-0.4, -0.2) is 55.6 Å². The normalized spacial score (nSPS) is 24.1. The lowest BCUT2D eigenvalue weighted by atomic mass is 9.99. The number of benzene rings is 1. The minimum Gasteiger partial charge on any atom is -0.326 e. The average Bonchev–Trinajstić information content (AvgIpc) is 2.51. The number of halogens is 1. The molecule has 1 fully saturated rings. The van der Waals surface area contributed by atoms with E-state index in [-0.39, 0.29) is 6.04 Å². The summed E-state index contributed by atoms with van der Waals surface area (Å²) < 4.78 is 0. The van der Waals surface area contributed by atoms with Crippen molar-refractivity contribution in [2.75, 3.05) is 33.7 Å². The van der Waals surface area contributed by atoms with E-state index in [1.165, 1.54) is 12.0 Å². The molecule has 0 bridgehead atoms. The van der Waals surface area contributed by atoms with Gasteiger partial charge in [-0.15, -0.1) is 0 Å². The molecule has 19 heavy (non-hydrogen) atoms. The highest BCUT2D eigenvalue weighted by atomic mass is 35.5. The van der Waals surface area contributed by atoms with Gasteiger partial charge in [-0.25, -0.2) is 0 Å². The Balaban J connectivity index is 2.03. The minimum atomic E-state index is 0.143. The smallest absolute Gasteiger partial charge is 0.0408 e.